The SMILES string of the molecule is COc1ccc(NC(=O)COC(=O)CCCN2C(=O)CN(C)C2=O)cc1Cl. The number of amides is 4. The van der Waals surface area contributed by atoms with Gasteiger partial charge in [-0.05, 0) is 24.6 Å². The van der Waals surface area contributed by atoms with Crippen molar-refractivity contribution >= 4 is 41.1 Å². The Hall–Kier alpha value is -2.81. The van der Waals surface area contributed by atoms with E-state index in [9.17, 15) is 19.2 Å². The highest BCUT2D eigenvalue weighted by atomic mass is 35.5. The molecule has 0 bridgehead atoms. The molecule has 0 spiro atoms. The first kappa shape index (κ1) is 20.5. The first-order valence-corrected chi connectivity index (χ1v) is 8.54. The second kappa shape index (κ2) is 9.22. The second-order valence-corrected chi connectivity index (χ2v) is 6.25. The van der Waals surface area contributed by atoms with E-state index in [0.717, 1.165) is 4.90 Å². The molecule has 10 heteroatoms. The first-order chi connectivity index (χ1) is 12.8. The smallest absolute Gasteiger partial charge is 0.326 e. The number of halogens is 1. The van der Waals surface area contributed by atoms with Crippen LogP contribution in [0.4, 0.5) is 10.5 Å². The summed E-state index contributed by atoms with van der Waals surface area (Å²) in [5.41, 5.74) is 0.442. The van der Waals surface area contributed by atoms with E-state index in [4.69, 9.17) is 21.1 Å². The van der Waals surface area contributed by atoms with Crippen molar-refractivity contribution in [3.63, 3.8) is 0 Å². The topological polar surface area (TPSA) is 105 Å². The predicted octanol–water partition coefficient (Wildman–Crippen LogP) is 1.50. The van der Waals surface area contributed by atoms with Crippen molar-refractivity contribution in [1.29, 1.82) is 0 Å². The molecule has 0 radical (unpaired) electrons. The molecule has 1 heterocycles. The summed E-state index contributed by atoms with van der Waals surface area (Å²) in [6.45, 7) is -0.278. The molecule has 1 fully saturated rings. The lowest BCUT2D eigenvalue weighted by Crippen LogP contribution is -2.32. The Morgan fingerprint density at radius 1 is 1.30 bits per heavy atom. The lowest BCUT2D eigenvalue weighted by molar-refractivity contribution is -0.147. The van der Waals surface area contributed by atoms with Crippen molar-refractivity contribution in [2.24, 2.45) is 0 Å². The van der Waals surface area contributed by atoms with Gasteiger partial charge in [-0.2, -0.15) is 0 Å². The van der Waals surface area contributed by atoms with E-state index in [1.807, 2.05) is 0 Å². The van der Waals surface area contributed by atoms with Crippen LogP contribution in [0.1, 0.15) is 12.8 Å². The molecule has 0 unspecified atom stereocenters. The Bertz CT molecular complexity index is 754. The monoisotopic (exact) mass is 397 g/mol. The van der Waals surface area contributed by atoms with Gasteiger partial charge in [0.25, 0.3) is 5.91 Å². The van der Waals surface area contributed by atoms with Crippen molar-refractivity contribution in [3.8, 4) is 5.75 Å². The molecule has 1 N–H and O–H groups in total. The number of nitrogens with one attached hydrogen (secondary N) is 1. The molecule has 1 saturated heterocycles. The summed E-state index contributed by atoms with van der Waals surface area (Å²) in [6.07, 6.45) is 0.252. The van der Waals surface area contributed by atoms with Gasteiger partial charge in [0.15, 0.2) is 6.61 Å². The summed E-state index contributed by atoms with van der Waals surface area (Å²) in [7, 11) is 3.01. The zero-order chi connectivity index (χ0) is 20.0. The number of esters is 1. The molecule has 1 aromatic carbocycles. The Balaban J connectivity index is 1.69. The number of imide groups is 1. The fourth-order valence-corrected chi connectivity index (χ4v) is 2.69. The van der Waals surface area contributed by atoms with Crippen molar-refractivity contribution in [3.05, 3.63) is 23.2 Å². The van der Waals surface area contributed by atoms with E-state index >= 15 is 0 Å². The van der Waals surface area contributed by atoms with Gasteiger partial charge in [0, 0.05) is 25.7 Å². The Morgan fingerprint density at radius 2 is 2.04 bits per heavy atom. The van der Waals surface area contributed by atoms with Crippen molar-refractivity contribution in [2.75, 3.05) is 39.2 Å². The van der Waals surface area contributed by atoms with E-state index in [1.165, 1.54) is 25.1 Å². The maximum atomic E-state index is 11.8. The minimum absolute atomic E-state index is 0.0115. The van der Waals surface area contributed by atoms with Crippen LogP contribution in [-0.4, -0.2) is 67.5 Å². The van der Waals surface area contributed by atoms with Crippen LogP contribution in [0.5, 0.6) is 5.75 Å². The van der Waals surface area contributed by atoms with Crippen molar-refractivity contribution in [1.82, 2.24) is 9.80 Å². The lowest BCUT2D eigenvalue weighted by atomic mass is 10.3. The third-order valence-corrected chi connectivity index (χ3v) is 4.09. The molecule has 1 aromatic rings. The summed E-state index contributed by atoms with van der Waals surface area (Å²) < 4.78 is 9.90. The molecule has 9 nitrogen and oxygen atoms in total. The number of nitrogens with zero attached hydrogens (tertiary/aromatic N) is 2. The fourth-order valence-electron chi connectivity index (χ4n) is 2.43. The number of carbonyl (C=O) groups is 4. The van der Waals surface area contributed by atoms with Crippen LogP contribution in [-0.2, 0) is 19.1 Å². The van der Waals surface area contributed by atoms with Crippen LogP contribution >= 0.6 is 11.6 Å². The number of urea groups is 1. The minimum atomic E-state index is -0.592. The van der Waals surface area contributed by atoms with Crippen LogP contribution in [0.3, 0.4) is 0 Å². The molecule has 27 heavy (non-hydrogen) atoms. The van der Waals surface area contributed by atoms with E-state index in [2.05, 4.69) is 5.32 Å². The van der Waals surface area contributed by atoms with Crippen molar-refractivity contribution in [2.45, 2.75) is 12.8 Å². The number of rotatable bonds is 8. The summed E-state index contributed by atoms with van der Waals surface area (Å²) in [5, 5.41) is 2.88. The number of hydrogen-bond donors (Lipinski definition) is 1. The zero-order valence-electron chi connectivity index (χ0n) is 15.0. The summed E-state index contributed by atoms with van der Waals surface area (Å²) in [6, 6.07) is 4.33. The Morgan fingerprint density at radius 3 is 2.63 bits per heavy atom. The molecule has 1 aliphatic rings. The Labute approximate surface area is 161 Å². The lowest BCUT2D eigenvalue weighted by Gasteiger charge is -2.13. The molecule has 0 saturated carbocycles. The van der Waals surface area contributed by atoms with Gasteiger partial charge < -0.3 is 19.7 Å². The Kier molecular flexibility index (Phi) is 7.00. The normalized spacial score (nSPS) is 13.7. The van der Waals surface area contributed by atoms with Crippen LogP contribution < -0.4 is 10.1 Å². The van der Waals surface area contributed by atoms with Crippen LogP contribution in [0.2, 0.25) is 5.02 Å². The van der Waals surface area contributed by atoms with Gasteiger partial charge in [0.1, 0.15) is 12.3 Å². The third kappa shape index (κ3) is 5.58. The quantitative estimate of drug-likeness (QED) is 0.526. The number of methoxy groups -OCH3 is 1. The summed E-state index contributed by atoms with van der Waals surface area (Å²) in [5.74, 6) is -0.933. The van der Waals surface area contributed by atoms with Gasteiger partial charge in [0.2, 0.25) is 5.91 Å². The number of ether oxygens (including phenoxy) is 2. The van der Waals surface area contributed by atoms with Gasteiger partial charge in [-0.3, -0.25) is 19.3 Å². The average molecular weight is 398 g/mol. The van der Waals surface area contributed by atoms with Crippen LogP contribution in [0, 0.1) is 0 Å². The van der Waals surface area contributed by atoms with Gasteiger partial charge >= 0.3 is 12.0 Å². The highest BCUT2D eigenvalue weighted by molar-refractivity contribution is 6.32. The maximum absolute atomic E-state index is 11.8. The number of carbonyl (C=O) groups excluding carboxylic acids is 4. The van der Waals surface area contributed by atoms with E-state index < -0.39 is 18.5 Å². The van der Waals surface area contributed by atoms with Gasteiger partial charge in [-0.25, -0.2) is 4.79 Å². The largest absolute Gasteiger partial charge is 0.495 e. The molecule has 0 atom stereocenters. The van der Waals surface area contributed by atoms with Crippen LogP contribution in [0.15, 0.2) is 18.2 Å². The van der Waals surface area contributed by atoms with Gasteiger partial charge in [0.05, 0.1) is 12.1 Å². The average Bonchev–Trinajstić information content (AvgIpc) is 2.86. The maximum Gasteiger partial charge on any atom is 0.326 e. The fraction of sp³-hybridized carbons (Fsp3) is 0.412. The van der Waals surface area contributed by atoms with Crippen molar-refractivity contribution < 1.29 is 28.7 Å². The molecule has 0 aromatic heterocycles. The van der Waals surface area contributed by atoms with E-state index in [0.29, 0.717) is 16.5 Å². The highest BCUT2D eigenvalue weighted by Gasteiger charge is 2.32. The third-order valence-electron chi connectivity index (χ3n) is 3.79. The molecule has 0 aliphatic carbocycles. The first-order valence-electron chi connectivity index (χ1n) is 8.16. The molecular weight excluding hydrogens is 378 g/mol. The number of anilines is 1. The molecule has 4 amide bonds. The van der Waals surface area contributed by atoms with E-state index in [1.54, 1.807) is 12.1 Å². The number of likely N-dealkylation sites (N-methyl/N-ethyl adjacent to an activating group) is 1. The molecular formula is C17H20ClN3O6. The zero-order valence-corrected chi connectivity index (χ0v) is 15.7. The minimum Gasteiger partial charge on any atom is -0.495 e. The standard InChI is InChI=1S/C17H20ClN3O6/c1-20-9-15(23)21(17(20)25)7-3-4-16(24)27-10-14(22)19-11-5-6-13(26-2)12(18)8-11/h5-6,8H,3-4,7,9-10H2,1-2H3,(H,19,22). The second-order valence-electron chi connectivity index (χ2n) is 5.85. The molecule has 1 aliphatic heterocycles. The predicted molar refractivity (Wildman–Crippen MR) is 96.6 cm³/mol. The highest BCUT2D eigenvalue weighted by Crippen LogP contribution is 2.27. The molecule has 2 rings (SSSR count). The van der Waals surface area contributed by atoms with E-state index in [-0.39, 0.29) is 37.9 Å². The van der Waals surface area contributed by atoms with Crippen LogP contribution in [0.25, 0.3) is 0 Å². The number of hydrogen-bond acceptors (Lipinski definition) is 6. The summed E-state index contributed by atoms with van der Waals surface area (Å²) >= 11 is 5.96. The van der Waals surface area contributed by atoms with Gasteiger partial charge in [-0.15, -0.1) is 0 Å². The molecule has 146 valence electrons. The summed E-state index contributed by atoms with van der Waals surface area (Å²) in [4.78, 5) is 49.2. The van der Waals surface area contributed by atoms with Gasteiger partial charge in [-0.1, -0.05) is 11.6 Å². The number of benzene rings is 1.